The number of nitrogens with one attached hydrogen (secondary N) is 2. The number of aliphatic hydroxyl groups is 1. The first-order valence-electron chi connectivity index (χ1n) is 12.2. The number of hydrogen-bond donors (Lipinski definition) is 3. The molecule has 3 N–H and O–H groups in total. The number of ether oxygens (including phenoxy) is 2. The Morgan fingerprint density at radius 3 is 2.58 bits per heavy atom. The van der Waals surface area contributed by atoms with Crippen LogP contribution in [0.5, 0.6) is 11.5 Å². The number of amides is 1. The fourth-order valence-electron chi connectivity index (χ4n) is 4.75. The van der Waals surface area contributed by atoms with Crippen LogP contribution in [0.3, 0.4) is 0 Å². The van der Waals surface area contributed by atoms with Crippen molar-refractivity contribution >= 4 is 11.6 Å². The summed E-state index contributed by atoms with van der Waals surface area (Å²) in [6.45, 7) is 4.81. The maximum Gasteiger partial charge on any atom is 0.247 e. The second-order valence-electron chi connectivity index (χ2n) is 9.53. The van der Waals surface area contributed by atoms with Gasteiger partial charge in [0, 0.05) is 36.5 Å². The normalized spacial score (nSPS) is 17.2. The van der Waals surface area contributed by atoms with Gasteiger partial charge in [-0.3, -0.25) is 14.6 Å². The van der Waals surface area contributed by atoms with Crippen molar-refractivity contribution in [1.29, 1.82) is 0 Å². The van der Waals surface area contributed by atoms with Crippen molar-refractivity contribution in [2.75, 3.05) is 40.2 Å². The standard InChI is InChI=1S/C26H32F2N6O4/c1-6-20(35)29-17-14-34(11-10-33(2)3)32-25(17)24-15-8-7-9-26(36,13-16(15)30-31-24)21-22(27)18(37-4)12-19(38-5)23(21)28/h6,12,14,36H,1,7-11,13H2,2-5H3,(H,29,35)(H,30,31)/t26-/m1/s1. The van der Waals surface area contributed by atoms with Crippen LogP contribution in [-0.2, 0) is 29.8 Å². The predicted molar refractivity (Wildman–Crippen MR) is 137 cm³/mol. The molecular formula is C26H32F2N6O4. The summed E-state index contributed by atoms with van der Waals surface area (Å²) in [4.78, 5) is 14.1. The van der Waals surface area contributed by atoms with Gasteiger partial charge in [0.2, 0.25) is 5.91 Å². The van der Waals surface area contributed by atoms with Crippen LogP contribution in [-0.4, -0.2) is 70.8 Å². The van der Waals surface area contributed by atoms with E-state index in [1.54, 1.807) is 10.9 Å². The second kappa shape index (κ2) is 10.9. The first-order chi connectivity index (χ1) is 18.1. The average molecular weight is 531 g/mol. The van der Waals surface area contributed by atoms with Crippen LogP contribution in [0.15, 0.2) is 24.9 Å². The van der Waals surface area contributed by atoms with Gasteiger partial charge in [-0.25, -0.2) is 8.78 Å². The summed E-state index contributed by atoms with van der Waals surface area (Å²) in [5, 5.41) is 26.5. The molecule has 10 nitrogen and oxygen atoms in total. The second-order valence-corrected chi connectivity index (χ2v) is 9.53. The summed E-state index contributed by atoms with van der Waals surface area (Å²) < 4.78 is 42.5. The van der Waals surface area contributed by atoms with Gasteiger partial charge in [0.05, 0.1) is 32.0 Å². The largest absolute Gasteiger partial charge is 0.494 e. The van der Waals surface area contributed by atoms with Gasteiger partial charge in [0.1, 0.15) is 17.0 Å². The Hall–Kier alpha value is -3.77. The van der Waals surface area contributed by atoms with Gasteiger partial charge in [-0.1, -0.05) is 6.58 Å². The molecule has 0 aliphatic heterocycles. The topological polar surface area (TPSA) is 118 Å². The number of H-pyrrole nitrogens is 1. The van der Waals surface area contributed by atoms with Crippen LogP contribution in [0.4, 0.5) is 14.5 Å². The summed E-state index contributed by atoms with van der Waals surface area (Å²) in [7, 11) is 6.42. The van der Waals surface area contributed by atoms with Crippen molar-refractivity contribution in [1.82, 2.24) is 24.9 Å². The molecule has 1 aliphatic carbocycles. The Labute approximate surface area is 219 Å². The third-order valence-electron chi connectivity index (χ3n) is 6.68. The van der Waals surface area contributed by atoms with E-state index in [0.717, 1.165) is 24.3 Å². The van der Waals surface area contributed by atoms with Gasteiger partial charge in [0.25, 0.3) is 0 Å². The fourth-order valence-corrected chi connectivity index (χ4v) is 4.75. The Bertz CT molecular complexity index is 1320. The number of benzene rings is 1. The third kappa shape index (κ3) is 5.14. The molecule has 12 heteroatoms. The quantitative estimate of drug-likeness (QED) is 0.288. The lowest BCUT2D eigenvalue weighted by molar-refractivity contribution is -0.111. The molecule has 2 aromatic heterocycles. The molecule has 4 rings (SSSR count). The van der Waals surface area contributed by atoms with Crippen LogP contribution in [0.25, 0.3) is 11.4 Å². The minimum Gasteiger partial charge on any atom is -0.494 e. The van der Waals surface area contributed by atoms with E-state index in [-0.39, 0.29) is 24.3 Å². The molecule has 0 bridgehead atoms. The summed E-state index contributed by atoms with van der Waals surface area (Å²) in [5.74, 6) is -2.82. The first-order valence-corrected chi connectivity index (χ1v) is 12.2. The van der Waals surface area contributed by atoms with Gasteiger partial charge in [0.15, 0.2) is 23.1 Å². The molecule has 0 saturated carbocycles. The number of nitrogens with zero attached hydrogens (tertiary/aromatic N) is 4. The Morgan fingerprint density at radius 2 is 1.97 bits per heavy atom. The lowest BCUT2D eigenvalue weighted by atomic mass is 9.85. The molecule has 38 heavy (non-hydrogen) atoms. The number of aromatic nitrogens is 4. The number of hydrogen-bond acceptors (Lipinski definition) is 7. The molecule has 0 saturated heterocycles. The number of methoxy groups -OCH3 is 2. The first kappa shape index (κ1) is 27.3. The molecule has 1 aliphatic rings. The molecule has 0 radical (unpaired) electrons. The van der Waals surface area contributed by atoms with Crippen LogP contribution in [0.2, 0.25) is 0 Å². The molecule has 0 fully saturated rings. The lowest BCUT2D eigenvalue weighted by Crippen LogP contribution is -2.31. The Morgan fingerprint density at radius 1 is 1.29 bits per heavy atom. The Kier molecular flexibility index (Phi) is 7.83. The van der Waals surface area contributed by atoms with E-state index in [4.69, 9.17) is 9.47 Å². The van der Waals surface area contributed by atoms with Crippen LogP contribution in [0, 0.1) is 11.6 Å². The molecule has 2 heterocycles. The number of likely N-dealkylation sites (N-methyl/N-ethyl adjacent to an activating group) is 1. The van der Waals surface area contributed by atoms with E-state index in [2.05, 4.69) is 27.2 Å². The summed E-state index contributed by atoms with van der Waals surface area (Å²) >= 11 is 0. The Balaban J connectivity index is 1.76. The summed E-state index contributed by atoms with van der Waals surface area (Å²) in [6, 6.07) is 1.11. The molecule has 1 amide bonds. The molecule has 3 aromatic rings. The molecule has 1 atom stereocenters. The van der Waals surface area contributed by atoms with Crippen molar-refractivity contribution in [3.8, 4) is 22.9 Å². The number of rotatable bonds is 9. The third-order valence-corrected chi connectivity index (χ3v) is 6.68. The van der Waals surface area contributed by atoms with Gasteiger partial charge in [-0.15, -0.1) is 0 Å². The van der Waals surface area contributed by atoms with Crippen LogP contribution < -0.4 is 14.8 Å². The van der Waals surface area contributed by atoms with Crippen molar-refractivity contribution in [2.45, 2.75) is 37.8 Å². The van der Waals surface area contributed by atoms with Crippen molar-refractivity contribution in [3.63, 3.8) is 0 Å². The number of carbonyl (C=O) groups is 1. The highest BCUT2D eigenvalue weighted by Crippen LogP contribution is 2.44. The summed E-state index contributed by atoms with van der Waals surface area (Å²) in [6.07, 6.45) is 3.71. The number of aromatic amines is 1. The van der Waals surface area contributed by atoms with E-state index in [1.165, 1.54) is 14.2 Å². The SMILES string of the molecule is C=CC(=O)Nc1cn(CCN(C)C)nc1-c1n[nH]c2c1CCC[C@](O)(c1c(F)c(OC)cc(OC)c1F)C2. The highest BCUT2D eigenvalue weighted by atomic mass is 19.1. The van der Waals surface area contributed by atoms with Crippen molar-refractivity contribution in [2.24, 2.45) is 0 Å². The average Bonchev–Trinajstić information content (AvgIpc) is 3.41. The maximum atomic E-state index is 15.3. The molecule has 204 valence electrons. The molecule has 1 aromatic carbocycles. The van der Waals surface area contributed by atoms with Crippen LogP contribution in [0.1, 0.15) is 29.7 Å². The van der Waals surface area contributed by atoms with E-state index >= 15 is 8.78 Å². The van der Waals surface area contributed by atoms with Crippen molar-refractivity contribution < 1.29 is 28.2 Å². The predicted octanol–water partition coefficient (Wildman–Crippen LogP) is 3.02. The highest BCUT2D eigenvalue weighted by Gasteiger charge is 2.41. The van der Waals surface area contributed by atoms with E-state index in [9.17, 15) is 9.90 Å². The number of halogens is 2. The lowest BCUT2D eigenvalue weighted by Gasteiger charge is -2.29. The van der Waals surface area contributed by atoms with Gasteiger partial charge >= 0.3 is 0 Å². The van der Waals surface area contributed by atoms with Gasteiger partial charge in [-0.05, 0) is 39.4 Å². The zero-order valence-electron chi connectivity index (χ0n) is 21.9. The monoisotopic (exact) mass is 530 g/mol. The number of carbonyl (C=O) groups excluding carboxylic acids is 1. The van der Waals surface area contributed by atoms with Gasteiger partial charge < -0.3 is 24.8 Å². The highest BCUT2D eigenvalue weighted by molar-refractivity contribution is 6.01. The maximum absolute atomic E-state index is 15.3. The summed E-state index contributed by atoms with van der Waals surface area (Å²) in [5.41, 5.74) is 0.268. The van der Waals surface area contributed by atoms with Crippen LogP contribution >= 0.6 is 0 Å². The van der Waals surface area contributed by atoms with E-state index < -0.39 is 28.7 Å². The number of fused-ring (bicyclic) bond motifs is 1. The smallest absolute Gasteiger partial charge is 0.247 e. The van der Waals surface area contributed by atoms with Crippen molar-refractivity contribution in [3.05, 3.63) is 53.4 Å². The fraction of sp³-hybridized carbons (Fsp3) is 0.423. The molecular weight excluding hydrogens is 498 g/mol. The minimum absolute atomic E-state index is 0.0798. The molecule has 0 unspecified atom stereocenters. The van der Waals surface area contributed by atoms with Gasteiger partial charge in [-0.2, -0.15) is 10.2 Å². The number of anilines is 1. The zero-order chi connectivity index (χ0) is 27.6. The zero-order valence-corrected chi connectivity index (χ0v) is 21.9. The minimum atomic E-state index is -1.89. The van der Waals surface area contributed by atoms with E-state index in [1.807, 2.05) is 19.0 Å². The molecule has 0 spiro atoms. The van der Waals surface area contributed by atoms with E-state index in [0.29, 0.717) is 42.2 Å².